The number of rotatable bonds is 5. The van der Waals surface area contributed by atoms with Gasteiger partial charge in [0.2, 0.25) is 5.91 Å². The highest BCUT2D eigenvalue weighted by Gasteiger charge is 2.24. The third-order valence-corrected chi connectivity index (χ3v) is 4.75. The van der Waals surface area contributed by atoms with E-state index in [0.717, 1.165) is 28.5 Å². The Morgan fingerprint density at radius 2 is 1.93 bits per heavy atom. The molecule has 0 radical (unpaired) electrons. The quantitative estimate of drug-likeness (QED) is 0.632. The number of hydrogen-bond donors (Lipinski definition) is 2. The third kappa shape index (κ3) is 4.38. The van der Waals surface area contributed by atoms with Gasteiger partial charge in [-0.25, -0.2) is 4.39 Å². The molecule has 3 aromatic rings. The molecule has 0 spiro atoms. The number of halogens is 1. The van der Waals surface area contributed by atoms with Crippen LogP contribution in [0.1, 0.15) is 56.7 Å². The van der Waals surface area contributed by atoms with Crippen LogP contribution in [0, 0.1) is 5.82 Å². The minimum atomic E-state index is -0.306. The molecule has 0 bridgehead atoms. The lowest BCUT2D eigenvalue weighted by atomic mass is 9.87. The number of aryl methyl sites for hydroxylation is 1. The average molecular weight is 366 g/mol. The molecular formula is C23H27FN2O. The van der Waals surface area contributed by atoms with Crippen LogP contribution in [0.25, 0.3) is 10.9 Å². The fourth-order valence-electron chi connectivity index (χ4n) is 3.61. The van der Waals surface area contributed by atoms with Crippen LogP contribution < -0.4 is 5.32 Å². The zero-order valence-electron chi connectivity index (χ0n) is 16.4. The number of aromatic amines is 1. The first-order chi connectivity index (χ1) is 12.8. The van der Waals surface area contributed by atoms with Crippen molar-refractivity contribution in [2.75, 3.05) is 0 Å². The first-order valence-corrected chi connectivity index (χ1v) is 9.44. The molecule has 3 rings (SSSR count). The highest BCUT2D eigenvalue weighted by atomic mass is 19.1. The minimum Gasteiger partial charge on any atom is -0.361 e. The Kier molecular flexibility index (Phi) is 5.36. The van der Waals surface area contributed by atoms with Gasteiger partial charge in [-0.3, -0.25) is 4.79 Å². The molecule has 2 N–H and O–H groups in total. The summed E-state index contributed by atoms with van der Waals surface area (Å²) in [6.07, 6.45) is 3.15. The van der Waals surface area contributed by atoms with E-state index < -0.39 is 0 Å². The van der Waals surface area contributed by atoms with E-state index in [1.165, 1.54) is 17.7 Å². The van der Waals surface area contributed by atoms with Gasteiger partial charge >= 0.3 is 0 Å². The van der Waals surface area contributed by atoms with Gasteiger partial charge in [0, 0.05) is 35.0 Å². The molecule has 4 heteroatoms. The highest BCUT2D eigenvalue weighted by Crippen LogP contribution is 2.35. The molecule has 1 unspecified atom stereocenters. The van der Waals surface area contributed by atoms with Crippen LogP contribution in [0.15, 0.2) is 48.7 Å². The number of fused-ring (bicyclic) bond motifs is 1. The van der Waals surface area contributed by atoms with Crippen molar-refractivity contribution in [1.29, 1.82) is 0 Å². The second-order valence-electron chi connectivity index (χ2n) is 8.05. The molecule has 0 saturated heterocycles. The van der Waals surface area contributed by atoms with Gasteiger partial charge in [-0.05, 0) is 56.0 Å². The normalized spacial score (nSPS) is 12.9. The molecule has 142 valence electrons. The molecule has 1 heterocycles. The Bertz CT molecular complexity index is 952. The summed E-state index contributed by atoms with van der Waals surface area (Å²) in [5, 5.41) is 4.11. The zero-order valence-corrected chi connectivity index (χ0v) is 16.4. The standard InChI is InChI=1S/C23H27FN2O/c1-5-15-8-7-11-18-20(14-25-22(15)18)19(13-21(27)26-23(2,3)4)16-9-6-10-17(24)12-16/h6-12,14,19,25H,5,13H2,1-4H3,(H,26,27). The van der Waals surface area contributed by atoms with Crippen molar-refractivity contribution in [2.45, 2.75) is 52.0 Å². The summed E-state index contributed by atoms with van der Waals surface area (Å²) >= 11 is 0. The number of hydrogen-bond acceptors (Lipinski definition) is 1. The van der Waals surface area contributed by atoms with Crippen LogP contribution in [0.5, 0.6) is 0 Å². The lowest BCUT2D eigenvalue weighted by Crippen LogP contribution is -2.41. The minimum absolute atomic E-state index is 0.0437. The van der Waals surface area contributed by atoms with E-state index in [1.807, 2.05) is 39.1 Å². The van der Waals surface area contributed by atoms with E-state index in [2.05, 4.69) is 29.4 Å². The third-order valence-electron chi connectivity index (χ3n) is 4.75. The van der Waals surface area contributed by atoms with Crippen LogP contribution in [0.2, 0.25) is 0 Å². The molecule has 2 aromatic carbocycles. The first-order valence-electron chi connectivity index (χ1n) is 9.44. The highest BCUT2D eigenvalue weighted by molar-refractivity contribution is 5.88. The summed E-state index contributed by atoms with van der Waals surface area (Å²) in [5.41, 5.74) is 3.85. The van der Waals surface area contributed by atoms with Gasteiger partial charge in [0.05, 0.1) is 0 Å². The Hall–Kier alpha value is -2.62. The van der Waals surface area contributed by atoms with E-state index >= 15 is 0 Å². The molecule has 1 amide bonds. The van der Waals surface area contributed by atoms with Crippen molar-refractivity contribution in [1.82, 2.24) is 10.3 Å². The first kappa shape index (κ1) is 19.2. The Labute approximate surface area is 160 Å². The van der Waals surface area contributed by atoms with Gasteiger partial charge in [-0.2, -0.15) is 0 Å². The smallest absolute Gasteiger partial charge is 0.221 e. The molecule has 0 saturated carbocycles. The van der Waals surface area contributed by atoms with E-state index in [-0.39, 0.29) is 29.6 Å². The predicted octanol–water partition coefficient (Wildman–Crippen LogP) is 5.31. The van der Waals surface area contributed by atoms with E-state index in [9.17, 15) is 9.18 Å². The van der Waals surface area contributed by atoms with Crippen LogP contribution in [0.4, 0.5) is 4.39 Å². The monoisotopic (exact) mass is 366 g/mol. The van der Waals surface area contributed by atoms with Crippen LogP contribution in [-0.4, -0.2) is 16.4 Å². The Morgan fingerprint density at radius 3 is 2.59 bits per heavy atom. The van der Waals surface area contributed by atoms with Gasteiger partial charge in [0.1, 0.15) is 5.82 Å². The molecule has 0 fully saturated rings. The second-order valence-corrected chi connectivity index (χ2v) is 8.05. The predicted molar refractivity (Wildman–Crippen MR) is 108 cm³/mol. The summed E-state index contributed by atoms with van der Waals surface area (Å²) in [4.78, 5) is 16.0. The number of carbonyl (C=O) groups excluding carboxylic acids is 1. The van der Waals surface area contributed by atoms with Crippen molar-refractivity contribution >= 4 is 16.8 Å². The molecule has 1 atom stereocenters. The van der Waals surface area contributed by atoms with Crippen LogP contribution >= 0.6 is 0 Å². The van der Waals surface area contributed by atoms with E-state index in [0.29, 0.717) is 0 Å². The maximum atomic E-state index is 13.9. The number of H-pyrrole nitrogens is 1. The molecule has 0 aliphatic heterocycles. The van der Waals surface area contributed by atoms with Gasteiger partial charge in [0.15, 0.2) is 0 Å². The van der Waals surface area contributed by atoms with Crippen molar-refractivity contribution < 1.29 is 9.18 Å². The van der Waals surface area contributed by atoms with Crippen molar-refractivity contribution in [2.24, 2.45) is 0 Å². The Balaban J connectivity index is 2.06. The largest absolute Gasteiger partial charge is 0.361 e. The fourth-order valence-corrected chi connectivity index (χ4v) is 3.61. The maximum Gasteiger partial charge on any atom is 0.221 e. The topological polar surface area (TPSA) is 44.9 Å². The second kappa shape index (κ2) is 7.55. The lowest BCUT2D eigenvalue weighted by Gasteiger charge is -2.23. The summed E-state index contributed by atoms with van der Waals surface area (Å²) in [6.45, 7) is 8.00. The van der Waals surface area contributed by atoms with Gasteiger partial charge in [0.25, 0.3) is 0 Å². The number of aromatic nitrogens is 1. The molecule has 0 aliphatic rings. The van der Waals surface area contributed by atoms with Crippen molar-refractivity contribution in [3.8, 4) is 0 Å². The molecule has 1 aromatic heterocycles. The maximum absolute atomic E-state index is 13.9. The van der Waals surface area contributed by atoms with Crippen LogP contribution in [0.3, 0.4) is 0 Å². The van der Waals surface area contributed by atoms with Gasteiger partial charge in [-0.15, -0.1) is 0 Å². The number of benzene rings is 2. The van der Waals surface area contributed by atoms with Gasteiger partial charge < -0.3 is 10.3 Å². The summed E-state index contributed by atoms with van der Waals surface area (Å²) in [7, 11) is 0. The number of para-hydroxylation sites is 1. The number of amides is 1. The molecule has 27 heavy (non-hydrogen) atoms. The summed E-state index contributed by atoms with van der Waals surface area (Å²) in [5.74, 6) is -0.551. The number of nitrogens with one attached hydrogen (secondary N) is 2. The van der Waals surface area contributed by atoms with E-state index in [1.54, 1.807) is 6.07 Å². The van der Waals surface area contributed by atoms with Gasteiger partial charge in [-0.1, -0.05) is 37.3 Å². The Morgan fingerprint density at radius 1 is 1.19 bits per heavy atom. The SMILES string of the molecule is CCc1cccc2c(C(CC(=O)NC(C)(C)C)c3cccc(F)c3)c[nH]c12. The zero-order chi connectivity index (χ0) is 19.6. The molecule has 0 aliphatic carbocycles. The fraction of sp³-hybridized carbons (Fsp3) is 0.348. The van der Waals surface area contributed by atoms with E-state index in [4.69, 9.17) is 0 Å². The summed E-state index contributed by atoms with van der Waals surface area (Å²) < 4.78 is 13.9. The summed E-state index contributed by atoms with van der Waals surface area (Å²) in [6, 6.07) is 12.8. The molecular weight excluding hydrogens is 339 g/mol. The van der Waals surface area contributed by atoms with Crippen molar-refractivity contribution in [3.05, 3.63) is 71.2 Å². The van der Waals surface area contributed by atoms with Crippen LogP contribution in [-0.2, 0) is 11.2 Å². The lowest BCUT2D eigenvalue weighted by molar-refractivity contribution is -0.122. The average Bonchev–Trinajstić information content (AvgIpc) is 3.02. The molecule has 3 nitrogen and oxygen atoms in total. The van der Waals surface area contributed by atoms with Crippen molar-refractivity contribution in [3.63, 3.8) is 0 Å². The number of carbonyl (C=O) groups is 1.